The first-order valence-corrected chi connectivity index (χ1v) is 9.18. The number of rotatable bonds is 4. The molecular formula is C17H14BrIN4O2. The van der Waals surface area contributed by atoms with Crippen LogP contribution in [0.3, 0.4) is 0 Å². The van der Waals surface area contributed by atoms with Gasteiger partial charge in [0.15, 0.2) is 0 Å². The van der Waals surface area contributed by atoms with Crippen molar-refractivity contribution in [3.05, 3.63) is 68.0 Å². The van der Waals surface area contributed by atoms with Gasteiger partial charge >= 0.3 is 0 Å². The monoisotopic (exact) mass is 512 g/mol. The molecule has 2 aromatic carbocycles. The molecule has 25 heavy (non-hydrogen) atoms. The van der Waals surface area contributed by atoms with Crippen molar-refractivity contribution in [2.75, 3.05) is 5.32 Å². The number of anilines is 2. The fourth-order valence-electron chi connectivity index (χ4n) is 2.41. The van der Waals surface area contributed by atoms with Gasteiger partial charge in [0.1, 0.15) is 0 Å². The van der Waals surface area contributed by atoms with Gasteiger partial charge in [-0.2, -0.15) is 5.10 Å². The number of carbonyl (C=O) groups excluding carboxylic acids is 1. The van der Waals surface area contributed by atoms with E-state index in [1.165, 1.54) is 0 Å². The van der Waals surface area contributed by atoms with Gasteiger partial charge in [-0.25, -0.2) is 10.2 Å². The molecule has 1 heterocycles. The van der Waals surface area contributed by atoms with E-state index in [1.807, 2.05) is 37.4 Å². The van der Waals surface area contributed by atoms with Crippen LogP contribution in [-0.4, -0.2) is 20.9 Å². The molecule has 0 radical (unpaired) electrons. The molecule has 3 aromatic rings. The molecule has 128 valence electrons. The molecule has 0 aliphatic heterocycles. The van der Waals surface area contributed by atoms with Crippen molar-refractivity contribution in [1.82, 2.24) is 15.3 Å². The number of hydrogen-bond acceptors (Lipinski definition) is 4. The van der Waals surface area contributed by atoms with E-state index in [0.717, 1.165) is 20.5 Å². The van der Waals surface area contributed by atoms with E-state index >= 15 is 0 Å². The Labute approximate surface area is 166 Å². The quantitative estimate of drug-likeness (QED) is 0.275. The summed E-state index contributed by atoms with van der Waals surface area (Å²) < 4.78 is 3.50. The van der Waals surface area contributed by atoms with Crippen molar-refractivity contribution in [3.63, 3.8) is 0 Å². The van der Waals surface area contributed by atoms with Gasteiger partial charge < -0.3 is 5.32 Å². The zero-order valence-corrected chi connectivity index (χ0v) is 16.9. The fourth-order valence-corrected chi connectivity index (χ4v) is 3.58. The highest BCUT2D eigenvalue weighted by Gasteiger charge is 2.16. The first kappa shape index (κ1) is 17.9. The van der Waals surface area contributed by atoms with E-state index in [9.17, 15) is 4.79 Å². The van der Waals surface area contributed by atoms with E-state index < -0.39 is 5.91 Å². The summed E-state index contributed by atoms with van der Waals surface area (Å²) in [6, 6.07) is 11.2. The number of nitrogens with one attached hydrogen (secondary N) is 2. The standard InChI is InChI=1S/C17H14BrIN4O2/c1-10-7-11(19)3-4-14(10)21-15-9-16(23-6-2-5-20-23)13(18)8-12(15)17(24)22-25/h2-9,21,25H,1H3,(H,22,24). The second-order valence-corrected chi connectivity index (χ2v) is 7.42. The minimum absolute atomic E-state index is 0.309. The Hall–Kier alpha value is -1.91. The van der Waals surface area contributed by atoms with Crippen LogP contribution >= 0.6 is 38.5 Å². The number of nitrogens with zero attached hydrogens (tertiary/aromatic N) is 2. The van der Waals surface area contributed by atoms with Crippen LogP contribution in [0.5, 0.6) is 0 Å². The zero-order chi connectivity index (χ0) is 18.0. The Morgan fingerprint density at radius 2 is 2.08 bits per heavy atom. The molecule has 0 saturated heterocycles. The largest absolute Gasteiger partial charge is 0.355 e. The van der Waals surface area contributed by atoms with Gasteiger partial charge in [-0.1, -0.05) is 0 Å². The number of amides is 1. The van der Waals surface area contributed by atoms with Crippen molar-refractivity contribution in [2.45, 2.75) is 6.92 Å². The third kappa shape index (κ3) is 3.86. The summed E-state index contributed by atoms with van der Waals surface area (Å²) in [6.07, 6.45) is 3.49. The minimum atomic E-state index is -0.599. The molecule has 3 rings (SSSR count). The summed E-state index contributed by atoms with van der Waals surface area (Å²) in [4.78, 5) is 12.1. The van der Waals surface area contributed by atoms with E-state index in [-0.39, 0.29) is 0 Å². The smallest absolute Gasteiger partial charge is 0.276 e. The van der Waals surface area contributed by atoms with E-state index in [0.29, 0.717) is 15.7 Å². The summed E-state index contributed by atoms with van der Waals surface area (Å²) in [7, 11) is 0. The van der Waals surface area contributed by atoms with Crippen LogP contribution in [0, 0.1) is 10.5 Å². The molecule has 0 saturated carbocycles. The van der Waals surface area contributed by atoms with Gasteiger partial charge in [0, 0.05) is 26.1 Å². The summed E-state index contributed by atoms with van der Waals surface area (Å²) in [5.41, 5.74) is 5.25. The maximum absolute atomic E-state index is 12.1. The Morgan fingerprint density at radius 3 is 2.72 bits per heavy atom. The average molecular weight is 513 g/mol. The third-order valence-electron chi connectivity index (χ3n) is 3.64. The van der Waals surface area contributed by atoms with Crippen molar-refractivity contribution < 1.29 is 10.0 Å². The van der Waals surface area contributed by atoms with Crippen molar-refractivity contribution in [2.24, 2.45) is 0 Å². The molecular weight excluding hydrogens is 499 g/mol. The predicted octanol–water partition coefficient (Wildman–Crippen LogP) is 4.41. The lowest BCUT2D eigenvalue weighted by Gasteiger charge is -2.16. The maximum Gasteiger partial charge on any atom is 0.276 e. The number of halogens is 2. The summed E-state index contributed by atoms with van der Waals surface area (Å²) in [5, 5.41) is 16.6. The van der Waals surface area contributed by atoms with Crippen LogP contribution in [0.25, 0.3) is 5.69 Å². The van der Waals surface area contributed by atoms with Crippen molar-refractivity contribution >= 4 is 55.8 Å². The molecule has 6 nitrogen and oxygen atoms in total. The summed E-state index contributed by atoms with van der Waals surface area (Å²) >= 11 is 5.71. The lowest BCUT2D eigenvalue weighted by Crippen LogP contribution is -2.20. The van der Waals surface area contributed by atoms with Crippen LogP contribution in [0.15, 0.2) is 53.3 Å². The minimum Gasteiger partial charge on any atom is -0.355 e. The van der Waals surface area contributed by atoms with Gasteiger partial charge in [0.2, 0.25) is 0 Å². The molecule has 3 N–H and O–H groups in total. The third-order valence-corrected chi connectivity index (χ3v) is 4.95. The van der Waals surface area contributed by atoms with Gasteiger partial charge in [-0.05, 0) is 87.4 Å². The molecule has 0 atom stereocenters. The molecule has 0 spiro atoms. The molecule has 0 bridgehead atoms. The molecule has 1 amide bonds. The maximum atomic E-state index is 12.1. The molecule has 0 aliphatic carbocycles. The number of benzene rings is 2. The van der Waals surface area contributed by atoms with E-state index in [4.69, 9.17) is 5.21 Å². The zero-order valence-electron chi connectivity index (χ0n) is 13.1. The van der Waals surface area contributed by atoms with Crippen molar-refractivity contribution in [1.29, 1.82) is 0 Å². The Balaban J connectivity index is 2.11. The Bertz CT molecular complexity index is 929. The van der Waals surface area contributed by atoms with Gasteiger partial charge in [-0.3, -0.25) is 10.0 Å². The molecule has 0 fully saturated rings. The topological polar surface area (TPSA) is 79.2 Å². The van der Waals surface area contributed by atoms with Gasteiger partial charge in [0.05, 0.1) is 16.9 Å². The second kappa shape index (κ2) is 7.54. The lowest BCUT2D eigenvalue weighted by molar-refractivity contribution is 0.0707. The Kier molecular flexibility index (Phi) is 5.40. The molecule has 0 aliphatic rings. The first-order valence-electron chi connectivity index (χ1n) is 7.31. The van der Waals surface area contributed by atoms with E-state index in [1.54, 1.807) is 28.5 Å². The number of hydrogen-bond donors (Lipinski definition) is 3. The highest BCUT2D eigenvalue weighted by molar-refractivity contribution is 14.1. The SMILES string of the molecule is Cc1cc(I)ccc1Nc1cc(-n2cccn2)c(Br)cc1C(=O)NO. The molecule has 0 unspecified atom stereocenters. The highest BCUT2D eigenvalue weighted by atomic mass is 127. The van der Waals surface area contributed by atoms with Crippen LogP contribution < -0.4 is 10.8 Å². The van der Waals surface area contributed by atoms with Crippen LogP contribution in [-0.2, 0) is 0 Å². The van der Waals surface area contributed by atoms with Crippen LogP contribution in [0.2, 0.25) is 0 Å². The number of aryl methyl sites for hydroxylation is 1. The summed E-state index contributed by atoms with van der Waals surface area (Å²) in [5.74, 6) is -0.599. The first-order chi connectivity index (χ1) is 12.0. The van der Waals surface area contributed by atoms with Crippen LogP contribution in [0.1, 0.15) is 15.9 Å². The van der Waals surface area contributed by atoms with Crippen LogP contribution in [0.4, 0.5) is 11.4 Å². The van der Waals surface area contributed by atoms with E-state index in [2.05, 4.69) is 48.9 Å². The molecule has 1 aromatic heterocycles. The number of aromatic nitrogens is 2. The average Bonchev–Trinajstić information content (AvgIpc) is 3.12. The number of carbonyl (C=O) groups is 1. The second-order valence-electron chi connectivity index (χ2n) is 5.33. The highest BCUT2D eigenvalue weighted by Crippen LogP contribution is 2.31. The lowest BCUT2D eigenvalue weighted by atomic mass is 10.1. The summed E-state index contributed by atoms with van der Waals surface area (Å²) in [6.45, 7) is 1.99. The fraction of sp³-hybridized carbons (Fsp3) is 0.0588. The predicted molar refractivity (Wildman–Crippen MR) is 108 cm³/mol. The molecule has 8 heteroatoms. The number of hydroxylamine groups is 1. The normalized spacial score (nSPS) is 10.6. The Morgan fingerprint density at radius 1 is 1.28 bits per heavy atom. The van der Waals surface area contributed by atoms with Gasteiger partial charge in [0.25, 0.3) is 5.91 Å². The van der Waals surface area contributed by atoms with Gasteiger partial charge in [-0.15, -0.1) is 0 Å². The van der Waals surface area contributed by atoms with Crippen molar-refractivity contribution in [3.8, 4) is 5.69 Å².